The lowest BCUT2D eigenvalue weighted by Crippen LogP contribution is -1.95. The monoisotopic (exact) mass is 327 g/mol. The molecule has 0 amide bonds. The van der Waals surface area contributed by atoms with Gasteiger partial charge in [0.25, 0.3) is 5.69 Å². The van der Waals surface area contributed by atoms with Gasteiger partial charge in [0.15, 0.2) is 0 Å². The number of fused-ring (bicyclic) bond motifs is 1. The largest absolute Gasteiger partial charge is 0.456 e. The summed E-state index contributed by atoms with van der Waals surface area (Å²) in [5.41, 5.74) is 1.50. The number of nitro benzene ring substituents is 1. The van der Waals surface area contributed by atoms with Crippen molar-refractivity contribution in [1.29, 1.82) is 0 Å². The van der Waals surface area contributed by atoms with Gasteiger partial charge < -0.3 is 4.74 Å². The lowest BCUT2D eigenvalue weighted by Gasteiger charge is -2.14. The quantitative estimate of drug-likeness (QED) is 0.450. The molecule has 0 saturated heterocycles. The Kier molecular flexibility index (Phi) is 3.92. The predicted molar refractivity (Wildman–Crippen MR) is 91.6 cm³/mol. The van der Waals surface area contributed by atoms with Crippen molar-refractivity contribution in [2.45, 2.75) is 13.8 Å². The van der Waals surface area contributed by atoms with Crippen molar-refractivity contribution in [2.24, 2.45) is 0 Å². The van der Waals surface area contributed by atoms with Gasteiger partial charge >= 0.3 is 0 Å². The molecule has 3 rings (SSSR count). The topological polar surface area (TPSA) is 52.4 Å². The molecule has 116 valence electrons. The van der Waals surface area contributed by atoms with E-state index in [9.17, 15) is 10.1 Å². The van der Waals surface area contributed by atoms with E-state index in [-0.39, 0.29) is 5.69 Å². The zero-order valence-corrected chi connectivity index (χ0v) is 13.4. The number of nitrogens with zero attached hydrogens (tertiary/aromatic N) is 1. The number of nitro groups is 1. The van der Waals surface area contributed by atoms with Crippen molar-refractivity contribution in [3.05, 3.63) is 74.8 Å². The molecule has 0 aliphatic heterocycles. The van der Waals surface area contributed by atoms with E-state index in [1.54, 1.807) is 19.9 Å². The Bertz CT molecular complexity index is 898. The number of hydrogen-bond donors (Lipinski definition) is 0. The molecule has 3 aromatic rings. The Balaban J connectivity index is 2.10. The van der Waals surface area contributed by atoms with E-state index in [1.807, 2.05) is 30.3 Å². The number of benzene rings is 3. The Hall–Kier alpha value is -2.59. The van der Waals surface area contributed by atoms with Crippen molar-refractivity contribution in [3.8, 4) is 11.5 Å². The number of hydrogen-bond acceptors (Lipinski definition) is 3. The van der Waals surface area contributed by atoms with Crippen molar-refractivity contribution in [2.75, 3.05) is 0 Å². The summed E-state index contributed by atoms with van der Waals surface area (Å²) < 4.78 is 6.06. The Morgan fingerprint density at radius 3 is 2.22 bits per heavy atom. The molecule has 5 heteroatoms. The number of non-ortho nitro benzene ring substituents is 1. The maximum absolute atomic E-state index is 10.9. The first-order valence-electron chi connectivity index (χ1n) is 7.08. The fraction of sp³-hybridized carbons (Fsp3) is 0.111. The highest BCUT2D eigenvalue weighted by molar-refractivity contribution is 6.35. The van der Waals surface area contributed by atoms with Crippen LogP contribution in [-0.2, 0) is 0 Å². The van der Waals surface area contributed by atoms with Crippen molar-refractivity contribution < 1.29 is 9.66 Å². The van der Waals surface area contributed by atoms with Crippen LogP contribution in [0.5, 0.6) is 11.5 Å². The summed E-state index contributed by atoms with van der Waals surface area (Å²) in [4.78, 5) is 10.5. The smallest absolute Gasteiger partial charge is 0.270 e. The minimum atomic E-state index is -0.401. The minimum Gasteiger partial charge on any atom is -0.456 e. The van der Waals surface area contributed by atoms with E-state index < -0.39 is 4.92 Å². The van der Waals surface area contributed by atoms with E-state index in [2.05, 4.69) is 0 Å². The Morgan fingerprint density at radius 1 is 1.00 bits per heavy atom. The summed E-state index contributed by atoms with van der Waals surface area (Å²) in [5.74, 6) is 1.30. The molecule has 0 radical (unpaired) electrons. The average molecular weight is 328 g/mol. The molecule has 0 aromatic heterocycles. The van der Waals surface area contributed by atoms with Gasteiger partial charge in [-0.1, -0.05) is 35.9 Å². The SMILES string of the molecule is Cc1cc([N+](=O)[O-])cc(C)c1Oc1ccc(Cl)c2ccccc12. The molecule has 0 aliphatic carbocycles. The minimum absolute atomic E-state index is 0.0633. The maximum atomic E-state index is 10.9. The molecular weight excluding hydrogens is 314 g/mol. The molecule has 0 heterocycles. The third kappa shape index (κ3) is 2.85. The van der Waals surface area contributed by atoms with E-state index >= 15 is 0 Å². The second kappa shape index (κ2) is 5.89. The normalized spacial score (nSPS) is 10.7. The van der Waals surface area contributed by atoms with Gasteiger partial charge in [0, 0.05) is 27.9 Å². The summed E-state index contributed by atoms with van der Waals surface area (Å²) in [5, 5.41) is 13.4. The first-order valence-corrected chi connectivity index (χ1v) is 7.46. The van der Waals surface area contributed by atoms with Crippen molar-refractivity contribution >= 4 is 28.1 Å². The Morgan fingerprint density at radius 2 is 1.61 bits per heavy atom. The molecule has 0 unspecified atom stereocenters. The number of halogens is 1. The van der Waals surface area contributed by atoms with Gasteiger partial charge in [-0.2, -0.15) is 0 Å². The van der Waals surface area contributed by atoms with Crippen LogP contribution in [0.3, 0.4) is 0 Å². The molecule has 0 fully saturated rings. The van der Waals surface area contributed by atoms with Gasteiger partial charge in [-0.25, -0.2) is 0 Å². The van der Waals surface area contributed by atoms with Crippen molar-refractivity contribution in [1.82, 2.24) is 0 Å². The fourth-order valence-electron chi connectivity index (χ4n) is 2.63. The molecule has 0 spiro atoms. The van der Waals surface area contributed by atoms with Gasteiger partial charge in [0.05, 0.1) is 4.92 Å². The number of rotatable bonds is 3. The molecule has 0 aliphatic rings. The molecule has 4 nitrogen and oxygen atoms in total. The van der Waals surface area contributed by atoms with Crippen LogP contribution < -0.4 is 4.74 Å². The fourth-order valence-corrected chi connectivity index (χ4v) is 2.86. The van der Waals surface area contributed by atoms with Crippen LogP contribution in [0.1, 0.15) is 11.1 Å². The van der Waals surface area contributed by atoms with Gasteiger partial charge in [-0.05, 0) is 37.1 Å². The zero-order valence-electron chi connectivity index (χ0n) is 12.7. The van der Waals surface area contributed by atoms with E-state index in [0.717, 1.165) is 21.9 Å². The summed E-state index contributed by atoms with van der Waals surface area (Å²) in [6.07, 6.45) is 0. The molecule has 3 aromatic carbocycles. The van der Waals surface area contributed by atoms with Crippen LogP contribution in [-0.4, -0.2) is 4.92 Å². The van der Waals surface area contributed by atoms with Crippen LogP contribution in [0.4, 0.5) is 5.69 Å². The highest BCUT2D eigenvalue weighted by atomic mass is 35.5. The summed E-state index contributed by atoms with van der Waals surface area (Å²) in [6, 6.07) is 14.3. The maximum Gasteiger partial charge on any atom is 0.270 e. The van der Waals surface area contributed by atoms with Gasteiger partial charge in [-0.3, -0.25) is 10.1 Å². The molecule has 0 saturated carbocycles. The van der Waals surface area contributed by atoms with Crippen LogP contribution in [0.15, 0.2) is 48.5 Å². The van der Waals surface area contributed by atoms with Crippen LogP contribution in [0.2, 0.25) is 5.02 Å². The van der Waals surface area contributed by atoms with E-state index in [1.165, 1.54) is 12.1 Å². The van der Waals surface area contributed by atoms with Gasteiger partial charge in [0.1, 0.15) is 11.5 Å². The van der Waals surface area contributed by atoms with Crippen LogP contribution in [0.25, 0.3) is 10.8 Å². The summed E-state index contributed by atoms with van der Waals surface area (Å²) >= 11 is 6.22. The highest BCUT2D eigenvalue weighted by Gasteiger charge is 2.15. The Labute approximate surface area is 138 Å². The van der Waals surface area contributed by atoms with E-state index in [4.69, 9.17) is 16.3 Å². The number of ether oxygens (including phenoxy) is 1. The van der Waals surface area contributed by atoms with Crippen LogP contribution >= 0.6 is 11.6 Å². The molecule has 23 heavy (non-hydrogen) atoms. The lowest BCUT2D eigenvalue weighted by molar-refractivity contribution is -0.385. The molecular formula is C18H14ClNO3. The predicted octanol–water partition coefficient (Wildman–Crippen LogP) is 5.81. The van der Waals surface area contributed by atoms with Gasteiger partial charge in [0.2, 0.25) is 0 Å². The summed E-state index contributed by atoms with van der Waals surface area (Å²) in [7, 11) is 0. The summed E-state index contributed by atoms with van der Waals surface area (Å²) in [6.45, 7) is 3.60. The standard InChI is InChI=1S/C18H14ClNO3/c1-11-9-13(20(21)22)10-12(2)18(11)23-17-8-7-16(19)14-5-3-4-6-15(14)17/h3-10H,1-2H3. The molecule has 0 N–H and O–H groups in total. The first kappa shape index (κ1) is 15.3. The van der Waals surface area contributed by atoms with Gasteiger partial charge in [-0.15, -0.1) is 0 Å². The number of aryl methyl sites for hydroxylation is 2. The van der Waals surface area contributed by atoms with E-state index in [0.29, 0.717) is 16.5 Å². The average Bonchev–Trinajstić information content (AvgIpc) is 2.53. The van der Waals surface area contributed by atoms with Crippen molar-refractivity contribution in [3.63, 3.8) is 0 Å². The lowest BCUT2D eigenvalue weighted by atomic mass is 10.1. The zero-order chi connectivity index (χ0) is 16.6. The third-order valence-corrected chi connectivity index (χ3v) is 4.03. The third-order valence-electron chi connectivity index (χ3n) is 3.70. The van der Waals surface area contributed by atoms with Crippen LogP contribution in [0, 0.1) is 24.0 Å². The second-order valence-corrected chi connectivity index (χ2v) is 5.77. The second-order valence-electron chi connectivity index (χ2n) is 5.36. The first-order chi connectivity index (χ1) is 11.0. The molecule has 0 bridgehead atoms. The molecule has 0 atom stereocenters. The highest BCUT2D eigenvalue weighted by Crippen LogP contribution is 2.37.